The fourth-order valence-electron chi connectivity index (χ4n) is 11.7. The van der Waals surface area contributed by atoms with Crippen LogP contribution in [0.4, 0.5) is 34.1 Å². The minimum absolute atomic E-state index is 0.192. The quantitative estimate of drug-likeness (QED) is 0.154. The molecule has 0 aromatic heterocycles. The van der Waals surface area contributed by atoms with Gasteiger partial charge in [0.25, 0.3) is 0 Å². The predicted octanol–water partition coefficient (Wildman–Crippen LogP) is 14.7. The molecule has 274 valence electrons. The highest BCUT2D eigenvalue weighted by Crippen LogP contribution is 2.66. The highest BCUT2D eigenvalue weighted by molar-refractivity contribution is 5.88. The summed E-state index contributed by atoms with van der Waals surface area (Å²) >= 11 is 0. The van der Waals surface area contributed by atoms with Gasteiger partial charge in [0.2, 0.25) is 0 Å². The van der Waals surface area contributed by atoms with Gasteiger partial charge >= 0.3 is 0 Å². The van der Waals surface area contributed by atoms with E-state index in [4.69, 9.17) is 0 Å². The van der Waals surface area contributed by atoms with Crippen molar-refractivity contribution in [2.45, 2.75) is 56.8 Å². The second kappa shape index (κ2) is 12.8. The van der Waals surface area contributed by atoms with Crippen LogP contribution in [-0.4, -0.2) is 0 Å². The number of rotatable bonds is 8. The van der Waals surface area contributed by atoms with Crippen molar-refractivity contribution in [2.24, 2.45) is 17.8 Å². The van der Waals surface area contributed by atoms with Crippen molar-refractivity contribution in [2.75, 3.05) is 9.80 Å². The average Bonchev–Trinajstić information content (AvgIpc) is 3.75. The maximum Gasteiger partial charge on any atom is 0.0465 e. The molecular formula is C54H48N2. The van der Waals surface area contributed by atoms with Crippen molar-refractivity contribution in [3.05, 3.63) is 193 Å². The maximum atomic E-state index is 2.48. The molecule has 2 atom stereocenters. The number of fused-ring (bicyclic) bond motifs is 3. The van der Waals surface area contributed by atoms with E-state index in [2.05, 4.69) is 200 Å². The largest absolute Gasteiger partial charge is 0.310 e. The highest BCUT2D eigenvalue weighted by Gasteiger charge is 2.58. The van der Waals surface area contributed by atoms with Crippen molar-refractivity contribution >= 4 is 34.1 Å². The van der Waals surface area contributed by atoms with Gasteiger partial charge in [-0.05, 0) is 167 Å². The van der Waals surface area contributed by atoms with Crippen molar-refractivity contribution in [1.82, 2.24) is 0 Å². The average molecular weight is 725 g/mol. The molecule has 0 saturated heterocycles. The lowest BCUT2D eigenvalue weighted by Crippen LogP contribution is -2.27. The molecule has 2 unspecified atom stereocenters. The normalized spacial score (nSPS) is 22.1. The molecule has 4 bridgehead atoms. The summed E-state index contributed by atoms with van der Waals surface area (Å²) in [5, 5.41) is 0. The lowest BCUT2D eigenvalue weighted by atomic mass is 9.71. The summed E-state index contributed by atoms with van der Waals surface area (Å²) in [4.78, 5) is 4.85. The number of para-hydroxylation sites is 2. The van der Waals surface area contributed by atoms with Gasteiger partial charge in [0, 0.05) is 39.5 Å². The number of anilines is 6. The molecule has 7 aromatic carbocycles. The third-order valence-corrected chi connectivity index (χ3v) is 14.1. The summed E-state index contributed by atoms with van der Waals surface area (Å²) in [6, 6.07) is 65.3. The third-order valence-electron chi connectivity index (χ3n) is 14.1. The van der Waals surface area contributed by atoms with E-state index in [-0.39, 0.29) is 5.41 Å². The van der Waals surface area contributed by atoms with Crippen LogP contribution in [0.2, 0.25) is 0 Å². The topological polar surface area (TPSA) is 6.48 Å². The summed E-state index contributed by atoms with van der Waals surface area (Å²) in [6.45, 7) is 4.80. The van der Waals surface area contributed by atoms with Crippen molar-refractivity contribution < 1.29 is 0 Å². The molecule has 2 heteroatoms. The second-order valence-corrected chi connectivity index (χ2v) is 17.6. The summed E-state index contributed by atoms with van der Waals surface area (Å²) < 4.78 is 0. The highest BCUT2D eigenvalue weighted by atomic mass is 15.1. The Morgan fingerprint density at radius 1 is 0.411 bits per heavy atom. The first-order valence-electron chi connectivity index (χ1n) is 20.7. The number of hydrogen-bond donors (Lipinski definition) is 0. The van der Waals surface area contributed by atoms with Gasteiger partial charge in [0.15, 0.2) is 0 Å². The van der Waals surface area contributed by atoms with E-state index in [0.29, 0.717) is 5.41 Å². The Morgan fingerprint density at radius 2 is 0.821 bits per heavy atom. The second-order valence-electron chi connectivity index (χ2n) is 17.6. The van der Waals surface area contributed by atoms with E-state index in [1.807, 2.05) is 0 Å². The minimum atomic E-state index is -0.192. The first-order valence-corrected chi connectivity index (χ1v) is 20.7. The van der Waals surface area contributed by atoms with Gasteiger partial charge < -0.3 is 9.80 Å². The van der Waals surface area contributed by atoms with E-state index in [0.717, 1.165) is 34.8 Å². The molecule has 0 amide bonds. The van der Waals surface area contributed by atoms with Gasteiger partial charge in [-0.1, -0.05) is 117 Å². The van der Waals surface area contributed by atoms with Crippen LogP contribution < -0.4 is 9.80 Å². The van der Waals surface area contributed by atoms with Crippen LogP contribution in [0.3, 0.4) is 0 Å². The van der Waals surface area contributed by atoms with Crippen LogP contribution in [0.5, 0.6) is 0 Å². The van der Waals surface area contributed by atoms with Crippen molar-refractivity contribution in [1.29, 1.82) is 0 Å². The molecule has 0 spiro atoms. The van der Waals surface area contributed by atoms with Crippen LogP contribution in [0.1, 0.15) is 62.6 Å². The van der Waals surface area contributed by atoms with E-state index in [9.17, 15) is 0 Å². The van der Waals surface area contributed by atoms with E-state index >= 15 is 0 Å². The summed E-state index contributed by atoms with van der Waals surface area (Å²) in [6.07, 6.45) is 7.19. The molecule has 2 nitrogen and oxygen atoms in total. The van der Waals surface area contributed by atoms with Crippen molar-refractivity contribution in [3.63, 3.8) is 0 Å². The zero-order valence-electron chi connectivity index (χ0n) is 32.4. The molecule has 0 N–H and O–H groups in total. The minimum Gasteiger partial charge on any atom is -0.310 e. The van der Waals surface area contributed by atoms with Gasteiger partial charge in [-0.15, -0.1) is 0 Å². The monoisotopic (exact) mass is 724 g/mol. The lowest BCUT2D eigenvalue weighted by molar-refractivity contribution is 0.266. The van der Waals surface area contributed by atoms with Gasteiger partial charge in [-0.3, -0.25) is 0 Å². The van der Waals surface area contributed by atoms with Crippen LogP contribution in [0.15, 0.2) is 176 Å². The van der Waals surface area contributed by atoms with E-state index in [1.54, 1.807) is 5.56 Å². The van der Waals surface area contributed by atoms with Gasteiger partial charge in [0.1, 0.15) is 0 Å². The molecule has 0 heterocycles. The molecular weight excluding hydrogens is 677 g/mol. The molecule has 0 aliphatic heterocycles. The molecule has 56 heavy (non-hydrogen) atoms. The van der Waals surface area contributed by atoms with E-state index in [1.165, 1.54) is 82.5 Å². The Labute approximate surface area is 332 Å². The smallest absolute Gasteiger partial charge is 0.0465 e. The van der Waals surface area contributed by atoms with Gasteiger partial charge in [0.05, 0.1) is 0 Å². The Hall–Kier alpha value is -5.86. The molecule has 5 aliphatic rings. The predicted molar refractivity (Wildman–Crippen MR) is 234 cm³/mol. The van der Waals surface area contributed by atoms with Crippen LogP contribution >= 0.6 is 0 Å². The Morgan fingerprint density at radius 3 is 1.32 bits per heavy atom. The number of nitrogens with zero attached hydrogens (tertiary/aromatic N) is 2. The summed E-state index contributed by atoms with van der Waals surface area (Å²) in [7, 11) is 0. The van der Waals surface area contributed by atoms with E-state index < -0.39 is 0 Å². The van der Waals surface area contributed by atoms with Crippen molar-refractivity contribution in [3.8, 4) is 22.3 Å². The number of benzene rings is 7. The first-order chi connectivity index (χ1) is 27.4. The number of hydrogen-bond acceptors (Lipinski definition) is 2. The standard InChI is InChI=1S/C54H48N2/c1-53(2)51-33-47(55(43-14-8-4-9-15-43)45-22-18-40(19-23-45)39-12-6-3-7-13-39)26-28-49(51)50-29-27-48(34-52(50)53)56(44-16-10-5-11-17-44)46-24-20-41(21-25-46)54-35-37-30-38(36-54)32-42(54)31-37/h3-29,33-34,37-38,42H,30-32,35-36H2,1-2H3. The van der Waals surface area contributed by atoms with Crippen LogP contribution in [0, 0.1) is 17.8 Å². The van der Waals surface area contributed by atoms with Crippen LogP contribution in [0.25, 0.3) is 22.3 Å². The summed E-state index contributed by atoms with van der Waals surface area (Å²) in [5.74, 6) is 2.80. The Bertz CT molecular complexity index is 2520. The lowest BCUT2D eigenvalue weighted by Gasteiger charge is -2.34. The van der Waals surface area contributed by atoms with Gasteiger partial charge in [-0.2, -0.15) is 0 Å². The zero-order chi connectivity index (χ0) is 37.4. The van der Waals surface area contributed by atoms with Gasteiger partial charge in [-0.25, -0.2) is 0 Å². The SMILES string of the molecule is CC1(C)c2cc(N(c3ccccc3)c3ccc(-c4ccccc4)cc3)ccc2-c2ccc(N(c3ccccc3)c3ccc(C45CC6CC(CC4C6)C5)cc3)cc21. The molecule has 5 aliphatic carbocycles. The molecule has 12 rings (SSSR count). The molecule has 4 saturated carbocycles. The summed E-state index contributed by atoms with van der Waals surface area (Å²) in [5.41, 5.74) is 16.7. The Balaban J connectivity index is 0.955. The third kappa shape index (κ3) is 5.29. The van der Waals surface area contributed by atoms with Crippen LogP contribution in [-0.2, 0) is 10.8 Å². The first kappa shape index (κ1) is 33.5. The zero-order valence-corrected chi connectivity index (χ0v) is 32.4. The fraction of sp³-hybridized carbons (Fsp3) is 0.222. The fourth-order valence-corrected chi connectivity index (χ4v) is 11.7. The molecule has 7 aromatic rings. The molecule has 4 fully saturated rings. The Kier molecular flexibility index (Phi) is 7.68. The molecule has 0 radical (unpaired) electrons. The maximum absolute atomic E-state index is 2.48.